The van der Waals surface area contributed by atoms with Gasteiger partial charge in [0.05, 0.1) is 6.42 Å². The molecule has 1 aliphatic rings. The van der Waals surface area contributed by atoms with E-state index in [2.05, 4.69) is 20.1 Å². The Kier molecular flexibility index (Phi) is 7.46. The van der Waals surface area contributed by atoms with E-state index in [0.29, 0.717) is 5.89 Å². The van der Waals surface area contributed by atoms with Gasteiger partial charge in [0.2, 0.25) is 11.7 Å². The summed E-state index contributed by atoms with van der Waals surface area (Å²) in [6.45, 7) is 5.49. The fourth-order valence-electron chi connectivity index (χ4n) is 4.11. The van der Waals surface area contributed by atoms with Crippen molar-refractivity contribution in [1.82, 2.24) is 20.1 Å². The van der Waals surface area contributed by atoms with Crippen molar-refractivity contribution in [3.8, 4) is 11.4 Å². The summed E-state index contributed by atoms with van der Waals surface area (Å²) < 4.78 is 10.9. The molecule has 0 spiro atoms. The lowest BCUT2D eigenvalue weighted by molar-refractivity contribution is -0.155. The maximum Gasteiger partial charge on any atom is 0.325 e. The second kappa shape index (κ2) is 10.1. The lowest BCUT2D eigenvalue weighted by Crippen LogP contribution is -2.25. The third-order valence-electron chi connectivity index (χ3n) is 5.57. The monoisotopic (exact) mass is 432 g/mol. The van der Waals surface area contributed by atoms with Crippen LogP contribution in [0.25, 0.3) is 11.4 Å². The fourth-order valence-corrected chi connectivity index (χ4v) is 4.11. The highest BCUT2D eigenvalue weighted by atomic mass is 16.6. The Bertz CT molecular complexity index is 979. The van der Waals surface area contributed by atoms with Crippen LogP contribution in [0.5, 0.6) is 0 Å². The van der Waals surface area contributed by atoms with Crippen molar-refractivity contribution in [2.24, 2.45) is 5.92 Å². The van der Waals surface area contributed by atoms with Crippen molar-refractivity contribution in [3.05, 3.63) is 32.9 Å². The molecule has 170 valence electrons. The molecule has 0 amide bonds. The number of aromatic nitrogens is 4. The van der Waals surface area contributed by atoms with Crippen molar-refractivity contribution in [2.75, 3.05) is 0 Å². The molecule has 0 radical (unpaired) electrons. The van der Waals surface area contributed by atoms with Crippen LogP contribution in [0, 0.1) is 5.92 Å². The van der Waals surface area contributed by atoms with Crippen molar-refractivity contribution in [1.29, 1.82) is 0 Å². The van der Waals surface area contributed by atoms with E-state index in [9.17, 15) is 14.4 Å². The molecule has 1 atom stereocenters. The first-order valence-corrected chi connectivity index (χ1v) is 11.1. The number of rotatable bonds is 8. The van der Waals surface area contributed by atoms with E-state index in [1.807, 2.05) is 20.8 Å². The summed E-state index contributed by atoms with van der Waals surface area (Å²) in [6, 6.07) is 0. The average molecular weight is 433 g/mol. The summed E-state index contributed by atoms with van der Waals surface area (Å²) >= 11 is 0. The van der Waals surface area contributed by atoms with Gasteiger partial charge in [-0.1, -0.05) is 50.1 Å². The molecule has 9 heteroatoms. The lowest BCUT2D eigenvalue weighted by atomic mass is 9.84. The summed E-state index contributed by atoms with van der Waals surface area (Å²) in [5.41, 5.74) is -1.68. The Labute approximate surface area is 181 Å². The van der Waals surface area contributed by atoms with Crippen molar-refractivity contribution < 1.29 is 14.1 Å². The molecule has 0 aromatic carbocycles. The number of carbonyl (C=O) groups is 1. The molecule has 1 fully saturated rings. The fraction of sp³-hybridized carbons (Fsp3) is 0.682. The summed E-state index contributed by atoms with van der Waals surface area (Å²) in [7, 11) is 0. The Hall–Kier alpha value is -2.71. The zero-order valence-corrected chi connectivity index (χ0v) is 18.5. The first-order valence-electron chi connectivity index (χ1n) is 11.1. The Morgan fingerprint density at radius 3 is 2.68 bits per heavy atom. The van der Waals surface area contributed by atoms with E-state index in [1.54, 1.807) is 0 Å². The molecule has 31 heavy (non-hydrogen) atoms. The van der Waals surface area contributed by atoms with Crippen LogP contribution >= 0.6 is 0 Å². The highest BCUT2D eigenvalue weighted by Crippen LogP contribution is 2.32. The van der Waals surface area contributed by atoms with Crippen LogP contribution in [0.15, 0.2) is 20.3 Å². The topological polar surface area (TPSA) is 131 Å². The minimum absolute atomic E-state index is 0.0777. The molecule has 1 saturated carbocycles. The number of esters is 1. The third-order valence-corrected chi connectivity index (χ3v) is 5.57. The molecule has 0 bridgehead atoms. The van der Waals surface area contributed by atoms with E-state index in [4.69, 9.17) is 9.26 Å². The number of ether oxygens (including phenoxy) is 1. The SMILES string of the molecule is CC(C)(C)OC(=O)C[C@@H](CCCC1CCCCC1)c1nc(-c2c[nH]c(=O)[nH]c2=O)no1. The first kappa shape index (κ1) is 23.0. The molecule has 2 heterocycles. The molecule has 2 N–H and O–H groups in total. The Morgan fingerprint density at radius 1 is 1.26 bits per heavy atom. The molecular weight excluding hydrogens is 400 g/mol. The van der Waals surface area contributed by atoms with Gasteiger partial charge in [-0.3, -0.25) is 14.6 Å². The van der Waals surface area contributed by atoms with Crippen LogP contribution in [0.3, 0.4) is 0 Å². The van der Waals surface area contributed by atoms with Crippen LogP contribution in [0.1, 0.15) is 90.4 Å². The Balaban J connectivity index is 1.73. The summed E-state index contributed by atoms with van der Waals surface area (Å²) in [6.07, 6.45) is 10.6. The second-order valence-electron chi connectivity index (χ2n) is 9.36. The third kappa shape index (κ3) is 6.90. The molecular formula is C22H32N4O5. The van der Waals surface area contributed by atoms with E-state index in [-0.39, 0.29) is 29.7 Å². The molecule has 9 nitrogen and oxygen atoms in total. The largest absolute Gasteiger partial charge is 0.460 e. The second-order valence-corrected chi connectivity index (χ2v) is 9.36. The number of nitrogens with zero attached hydrogens (tertiary/aromatic N) is 2. The number of hydrogen-bond acceptors (Lipinski definition) is 7. The minimum Gasteiger partial charge on any atom is -0.460 e. The summed E-state index contributed by atoms with van der Waals surface area (Å²) in [4.78, 5) is 44.6. The van der Waals surface area contributed by atoms with Crippen molar-refractivity contribution in [3.63, 3.8) is 0 Å². The van der Waals surface area contributed by atoms with Gasteiger partial charge in [-0.05, 0) is 33.1 Å². The summed E-state index contributed by atoms with van der Waals surface area (Å²) in [5.74, 6) is 0.510. The number of nitrogens with one attached hydrogen (secondary N) is 2. The van der Waals surface area contributed by atoms with E-state index < -0.39 is 16.9 Å². The zero-order chi connectivity index (χ0) is 22.4. The van der Waals surface area contributed by atoms with Gasteiger partial charge in [0.1, 0.15) is 11.2 Å². The van der Waals surface area contributed by atoms with E-state index in [1.165, 1.54) is 38.3 Å². The summed E-state index contributed by atoms with van der Waals surface area (Å²) in [5, 5.41) is 3.90. The van der Waals surface area contributed by atoms with Gasteiger partial charge in [0.15, 0.2) is 0 Å². The zero-order valence-electron chi connectivity index (χ0n) is 18.5. The van der Waals surface area contributed by atoms with Crippen molar-refractivity contribution in [2.45, 2.75) is 90.1 Å². The first-order chi connectivity index (χ1) is 14.7. The van der Waals surface area contributed by atoms with Gasteiger partial charge < -0.3 is 14.2 Å². The Morgan fingerprint density at radius 2 is 2.00 bits per heavy atom. The number of hydrogen-bond donors (Lipinski definition) is 2. The highest BCUT2D eigenvalue weighted by Gasteiger charge is 2.27. The maximum atomic E-state index is 12.5. The molecule has 0 unspecified atom stereocenters. The quantitative estimate of drug-likeness (QED) is 0.608. The number of carbonyl (C=O) groups excluding carboxylic acids is 1. The molecule has 2 aromatic rings. The number of aromatic amines is 2. The van der Waals surface area contributed by atoms with Crippen LogP contribution in [0.4, 0.5) is 0 Å². The molecule has 0 saturated heterocycles. The minimum atomic E-state index is -0.608. The van der Waals surface area contributed by atoms with Gasteiger partial charge in [-0.2, -0.15) is 4.98 Å². The predicted molar refractivity (Wildman–Crippen MR) is 115 cm³/mol. The van der Waals surface area contributed by atoms with Gasteiger partial charge in [-0.25, -0.2) is 4.79 Å². The van der Waals surface area contributed by atoms with E-state index >= 15 is 0 Å². The standard InChI is InChI=1S/C22H32N4O5/c1-22(2,3)30-17(27)12-15(11-7-10-14-8-5-4-6-9-14)20-24-18(26-31-20)16-13-23-21(29)25-19(16)28/h13-15H,4-12H2,1-3H3,(H2,23,25,28,29)/t15-/m1/s1. The lowest BCUT2D eigenvalue weighted by Gasteiger charge is -2.23. The van der Waals surface area contributed by atoms with Crippen LogP contribution in [-0.4, -0.2) is 31.7 Å². The average Bonchev–Trinajstić information content (AvgIpc) is 3.16. The van der Waals surface area contributed by atoms with Gasteiger partial charge >= 0.3 is 11.7 Å². The normalized spacial score (nSPS) is 16.2. The molecule has 2 aromatic heterocycles. The van der Waals surface area contributed by atoms with Gasteiger partial charge in [-0.15, -0.1) is 0 Å². The van der Waals surface area contributed by atoms with Crippen LogP contribution < -0.4 is 11.2 Å². The van der Waals surface area contributed by atoms with Gasteiger partial charge in [0.25, 0.3) is 5.56 Å². The van der Waals surface area contributed by atoms with Crippen LogP contribution in [0.2, 0.25) is 0 Å². The molecule has 3 rings (SSSR count). The van der Waals surface area contributed by atoms with Crippen LogP contribution in [-0.2, 0) is 9.53 Å². The predicted octanol–water partition coefficient (Wildman–Crippen LogP) is 3.68. The van der Waals surface area contributed by atoms with Gasteiger partial charge in [0, 0.05) is 12.1 Å². The molecule has 1 aliphatic carbocycles. The van der Waals surface area contributed by atoms with Crippen molar-refractivity contribution >= 4 is 5.97 Å². The molecule has 0 aliphatic heterocycles. The van der Waals surface area contributed by atoms with E-state index in [0.717, 1.165) is 25.2 Å². The maximum absolute atomic E-state index is 12.5. The highest BCUT2D eigenvalue weighted by molar-refractivity contribution is 5.70. The number of H-pyrrole nitrogens is 2. The smallest absolute Gasteiger partial charge is 0.325 e.